The Labute approximate surface area is 290 Å². The van der Waals surface area contributed by atoms with E-state index in [2.05, 4.69) is 15.6 Å². The van der Waals surface area contributed by atoms with Crippen LogP contribution in [-0.4, -0.2) is 84.1 Å². The van der Waals surface area contributed by atoms with Gasteiger partial charge in [-0.1, -0.05) is 35.6 Å². The molecule has 13 nitrogen and oxygen atoms in total. The fourth-order valence-corrected chi connectivity index (χ4v) is 6.31. The lowest BCUT2D eigenvalue weighted by Crippen LogP contribution is -2.66. The Hall–Kier alpha value is -4.98. The van der Waals surface area contributed by atoms with E-state index in [-0.39, 0.29) is 24.1 Å². The molecular formula is C35H46N6O7S. The van der Waals surface area contributed by atoms with Crippen LogP contribution in [-0.2, 0) is 24.2 Å². The van der Waals surface area contributed by atoms with Crippen LogP contribution in [0.5, 0.6) is 0 Å². The highest BCUT2D eigenvalue weighted by Crippen LogP contribution is 2.29. The molecule has 0 atom stereocenters. The molecule has 0 fully saturated rings. The van der Waals surface area contributed by atoms with Gasteiger partial charge in [-0.2, -0.15) is 0 Å². The molecule has 4 amide bonds. The summed E-state index contributed by atoms with van der Waals surface area (Å²) in [6.07, 6.45) is -2.70. The number of Topliss-reactive ketones (excluding diaryl/α,β-unsaturated/α-hetero) is 1. The quantitative estimate of drug-likeness (QED) is 0.120. The van der Waals surface area contributed by atoms with Crippen molar-refractivity contribution in [2.75, 3.05) is 17.7 Å². The van der Waals surface area contributed by atoms with Gasteiger partial charge in [0.2, 0.25) is 5.91 Å². The van der Waals surface area contributed by atoms with Crippen LogP contribution in [0.2, 0.25) is 0 Å². The number of rotatable bonds is 12. The summed E-state index contributed by atoms with van der Waals surface area (Å²) < 4.78 is 0. The second-order valence-corrected chi connectivity index (χ2v) is 14.8. The molecule has 0 unspecified atom stereocenters. The van der Waals surface area contributed by atoms with E-state index in [4.69, 9.17) is 0 Å². The van der Waals surface area contributed by atoms with Crippen LogP contribution in [0.15, 0.2) is 48.5 Å². The number of ketones is 1. The van der Waals surface area contributed by atoms with Crippen LogP contribution >= 0.6 is 11.3 Å². The van der Waals surface area contributed by atoms with Crippen molar-refractivity contribution in [1.82, 2.24) is 19.7 Å². The van der Waals surface area contributed by atoms with Crippen molar-refractivity contribution in [2.24, 2.45) is 0 Å². The first-order valence-electron chi connectivity index (χ1n) is 15.7. The van der Waals surface area contributed by atoms with E-state index >= 15 is 0 Å². The maximum atomic E-state index is 13.2. The van der Waals surface area contributed by atoms with Crippen LogP contribution in [0.1, 0.15) is 92.2 Å². The summed E-state index contributed by atoms with van der Waals surface area (Å²) in [4.78, 5) is 70.5. The summed E-state index contributed by atoms with van der Waals surface area (Å²) in [6, 6.07) is 13.8. The van der Waals surface area contributed by atoms with Crippen molar-refractivity contribution in [1.29, 1.82) is 0 Å². The van der Waals surface area contributed by atoms with Gasteiger partial charge in [-0.25, -0.2) is 14.6 Å². The van der Waals surface area contributed by atoms with E-state index in [1.807, 2.05) is 12.1 Å². The summed E-state index contributed by atoms with van der Waals surface area (Å²) in [5, 5.41) is 26.5. The number of benzene rings is 2. The third-order valence-corrected chi connectivity index (χ3v) is 8.57. The Bertz CT molecular complexity index is 1640. The number of carboxylic acid groups (broad SMARTS) is 2. The molecule has 1 heterocycles. The molecule has 0 saturated heterocycles. The molecular weight excluding hydrogens is 648 g/mol. The maximum Gasteiger partial charge on any atom is 0.410 e. The van der Waals surface area contributed by atoms with Crippen molar-refractivity contribution in [2.45, 2.75) is 92.1 Å². The van der Waals surface area contributed by atoms with E-state index < -0.39 is 29.6 Å². The number of nitrogens with one attached hydrogen (secondary N) is 2. The highest BCUT2D eigenvalue weighted by Gasteiger charge is 2.43. The highest BCUT2D eigenvalue weighted by atomic mass is 32.1. The van der Waals surface area contributed by atoms with Crippen molar-refractivity contribution < 1.29 is 34.2 Å². The van der Waals surface area contributed by atoms with Crippen molar-refractivity contribution in [3.63, 3.8) is 0 Å². The smallest absolute Gasteiger partial charge is 0.410 e. The second-order valence-electron chi connectivity index (χ2n) is 13.7. The molecule has 0 radical (unpaired) electrons. The fourth-order valence-electron chi connectivity index (χ4n) is 5.20. The zero-order valence-corrected chi connectivity index (χ0v) is 30.3. The fraction of sp³-hybridized carbons (Fsp3) is 0.429. The molecule has 3 aromatic rings. The minimum absolute atomic E-state index is 0.0852. The van der Waals surface area contributed by atoms with Crippen molar-refractivity contribution in [3.8, 4) is 0 Å². The molecule has 1 aromatic heterocycles. The summed E-state index contributed by atoms with van der Waals surface area (Å²) in [5.41, 5.74) is 1.30. The molecule has 2 aromatic carbocycles. The van der Waals surface area contributed by atoms with Gasteiger partial charge in [-0.15, -0.1) is 0 Å². The molecule has 0 bridgehead atoms. The number of thiazole rings is 1. The SMILES string of the molecule is CC(=O)Nc1nc(CCc2ccc(NC(N(C(=O)O)C(C)(C)C)N(C(=O)O)C(C)(C)C)cc2)c(CN(C)C(=O)c2ccc(C(C)=O)cc2)s1. The van der Waals surface area contributed by atoms with E-state index in [0.29, 0.717) is 34.8 Å². The van der Waals surface area contributed by atoms with Gasteiger partial charge in [0.15, 0.2) is 17.2 Å². The Morgan fingerprint density at radius 2 is 1.31 bits per heavy atom. The third kappa shape index (κ3) is 10.3. The summed E-state index contributed by atoms with van der Waals surface area (Å²) in [6.45, 7) is 13.3. The molecule has 0 saturated carbocycles. The predicted molar refractivity (Wildman–Crippen MR) is 189 cm³/mol. The normalized spacial score (nSPS) is 11.6. The Kier molecular flexibility index (Phi) is 12.2. The van der Waals surface area contributed by atoms with Gasteiger partial charge in [-0.05, 0) is 91.1 Å². The molecule has 0 aliphatic rings. The van der Waals surface area contributed by atoms with Gasteiger partial charge in [0.05, 0.1) is 12.2 Å². The number of carbonyl (C=O) groups is 5. The first-order valence-corrected chi connectivity index (χ1v) is 16.5. The van der Waals surface area contributed by atoms with E-state index in [0.717, 1.165) is 25.9 Å². The zero-order chi connectivity index (χ0) is 36.8. The molecule has 14 heteroatoms. The summed E-state index contributed by atoms with van der Waals surface area (Å²) >= 11 is 1.30. The summed E-state index contributed by atoms with van der Waals surface area (Å²) in [5.74, 6) is -0.570. The van der Waals surface area contributed by atoms with E-state index in [9.17, 15) is 34.2 Å². The standard InChI is InChI=1S/C35H46N6O7S/c1-21(42)24-13-15-25(16-14-24)29(44)39(9)20-28-27(38-30(49-28)36-22(2)43)19-12-23-10-17-26(18-11-23)37-31(40(32(45)46)34(3,4)5)41(33(47)48)35(6,7)8/h10-11,13-18,31,37H,12,19-20H2,1-9H3,(H,45,46)(H,47,48)(H,36,38,43). The van der Waals surface area contributed by atoms with E-state index in [1.54, 1.807) is 89.9 Å². The average molecular weight is 695 g/mol. The first-order chi connectivity index (χ1) is 22.7. The monoisotopic (exact) mass is 694 g/mol. The minimum atomic E-state index is -1.27. The van der Waals surface area contributed by atoms with Crippen LogP contribution in [0, 0.1) is 0 Å². The number of carbonyl (C=O) groups excluding carboxylic acids is 3. The second kappa shape index (κ2) is 15.5. The number of aryl methyl sites for hydroxylation is 2. The topological polar surface area (TPSA) is 172 Å². The molecule has 0 aliphatic carbocycles. The largest absolute Gasteiger partial charge is 0.465 e. The maximum absolute atomic E-state index is 13.2. The minimum Gasteiger partial charge on any atom is -0.465 e. The van der Waals surface area contributed by atoms with Crippen LogP contribution in [0.25, 0.3) is 0 Å². The van der Waals surface area contributed by atoms with Crippen LogP contribution < -0.4 is 10.6 Å². The number of hydrogen-bond donors (Lipinski definition) is 4. The molecule has 49 heavy (non-hydrogen) atoms. The Morgan fingerprint density at radius 3 is 1.76 bits per heavy atom. The van der Waals surface area contributed by atoms with Gasteiger partial charge in [0.1, 0.15) is 0 Å². The number of aromatic nitrogens is 1. The number of hydrogen-bond acceptors (Lipinski definition) is 8. The van der Waals surface area contributed by atoms with Gasteiger partial charge in [0.25, 0.3) is 5.91 Å². The predicted octanol–water partition coefficient (Wildman–Crippen LogP) is 6.61. The highest BCUT2D eigenvalue weighted by molar-refractivity contribution is 7.15. The molecule has 4 N–H and O–H groups in total. The van der Waals surface area contributed by atoms with Crippen molar-refractivity contribution >= 4 is 51.9 Å². The van der Waals surface area contributed by atoms with Gasteiger partial charge < -0.3 is 25.7 Å². The van der Waals surface area contributed by atoms with Gasteiger partial charge in [-0.3, -0.25) is 24.2 Å². The molecule has 0 aliphatic heterocycles. The Balaban J connectivity index is 1.82. The number of amides is 4. The van der Waals surface area contributed by atoms with Crippen molar-refractivity contribution in [3.05, 3.63) is 75.8 Å². The molecule has 0 spiro atoms. The molecule has 3 rings (SSSR count). The van der Waals surface area contributed by atoms with Gasteiger partial charge >= 0.3 is 12.2 Å². The summed E-state index contributed by atoms with van der Waals surface area (Å²) in [7, 11) is 1.68. The zero-order valence-electron chi connectivity index (χ0n) is 29.5. The molecule has 264 valence electrons. The van der Waals surface area contributed by atoms with Crippen LogP contribution in [0.4, 0.5) is 20.4 Å². The van der Waals surface area contributed by atoms with Crippen LogP contribution in [0.3, 0.4) is 0 Å². The Morgan fingerprint density at radius 1 is 0.796 bits per heavy atom. The number of nitrogens with zero attached hydrogens (tertiary/aromatic N) is 4. The lowest BCUT2D eigenvalue weighted by atomic mass is 10.0. The average Bonchev–Trinajstić information content (AvgIpc) is 3.34. The third-order valence-electron chi connectivity index (χ3n) is 7.57. The number of anilines is 2. The first kappa shape index (κ1) is 38.5. The van der Waals surface area contributed by atoms with E-state index in [1.165, 1.54) is 25.2 Å². The van der Waals surface area contributed by atoms with Gasteiger partial charge in [0, 0.05) is 46.7 Å². The lowest BCUT2D eigenvalue weighted by Gasteiger charge is -2.48. The lowest BCUT2D eigenvalue weighted by molar-refractivity contribution is -0.114.